The lowest BCUT2D eigenvalue weighted by Crippen LogP contribution is -2.07. The summed E-state index contributed by atoms with van der Waals surface area (Å²) in [6.45, 7) is 4.03. The van der Waals surface area contributed by atoms with E-state index < -0.39 is 0 Å². The minimum Gasteiger partial charge on any atom is -0.490 e. The smallest absolute Gasteiger partial charge is 0.248 e. The zero-order valence-electron chi connectivity index (χ0n) is 12.0. The summed E-state index contributed by atoms with van der Waals surface area (Å²) in [5.41, 5.74) is 1.42. The Morgan fingerprint density at radius 1 is 1.14 bits per heavy atom. The highest BCUT2D eigenvalue weighted by molar-refractivity contribution is 6.01. The van der Waals surface area contributed by atoms with E-state index in [0.29, 0.717) is 12.3 Å². The highest BCUT2D eigenvalue weighted by Gasteiger charge is 1.98. The van der Waals surface area contributed by atoms with Gasteiger partial charge in [-0.2, -0.15) is 0 Å². The number of hydrogen-bond donors (Lipinski definition) is 1. The number of rotatable bonds is 6. The molecule has 0 saturated carbocycles. The van der Waals surface area contributed by atoms with Crippen molar-refractivity contribution in [1.82, 2.24) is 0 Å². The van der Waals surface area contributed by atoms with E-state index in [9.17, 15) is 9.18 Å². The summed E-state index contributed by atoms with van der Waals surface area (Å²) in [6, 6.07) is 12.9. The van der Waals surface area contributed by atoms with Crippen LogP contribution in [0.3, 0.4) is 0 Å². The Hall–Kier alpha value is -2.88. The Balaban J connectivity index is 1.91. The zero-order chi connectivity index (χ0) is 15.8. The van der Waals surface area contributed by atoms with Crippen LogP contribution < -0.4 is 10.1 Å². The molecule has 0 spiro atoms. The number of amides is 1. The van der Waals surface area contributed by atoms with Crippen molar-refractivity contribution in [1.29, 1.82) is 0 Å². The van der Waals surface area contributed by atoms with Gasteiger partial charge in [-0.15, -0.1) is 0 Å². The molecule has 0 bridgehead atoms. The van der Waals surface area contributed by atoms with Gasteiger partial charge in [-0.25, -0.2) is 4.39 Å². The van der Waals surface area contributed by atoms with Gasteiger partial charge in [-0.3, -0.25) is 4.79 Å². The van der Waals surface area contributed by atoms with Crippen molar-refractivity contribution in [2.24, 2.45) is 0 Å². The third-order valence-corrected chi connectivity index (χ3v) is 2.79. The van der Waals surface area contributed by atoms with Gasteiger partial charge >= 0.3 is 0 Å². The van der Waals surface area contributed by atoms with Crippen molar-refractivity contribution in [2.75, 3.05) is 11.9 Å². The third kappa shape index (κ3) is 4.90. The van der Waals surface area contributed by atoms with Gasteiger partial charge in [-0.1, -0.05) is 24.8 Å². The molecule has 3 nitrogen and oxygen atoms in total. The van der Waals surface area contributed by atoms with Crippen molar-refractivity contribution in [2.45, 2.75) is 0 Å². The second-order valence-electron chi connectivity index (χ2n) is 4.50. The molecule has 2 aromatic carbocycles. The van der Waals surface area contributed by atoms with Crippen LogP contribution in [0.1, 0.15) is 5.56 Å². The standard InChI is InChI=1S/C18H16FNO2/c1-2-13-22-17-10-3-14(4-11-17)5-12-18(21)20-16-8-6-15(19)7-9-16/h2-12H,1,13H2,(H,20,21)/b12-5+. The summed E-state index contributed by atoms with van der Waals surface area (Å²) in [5.74, 6) is 0.124. The lowest BCUT2D eigenvalue weighted by atomic mass is 10.2. The van der Waals surface area contributed by atoms with Crippen LogP contribution in [0.4, 0.5) is 10.1 Å². The van der Waals surface area contributed by atoms with E-state index in [2.05, 4.69) is 11.9 Å². The quantitative estimate of drug-likeness (QED) is 0.645. The van der Waals surface area contributed by atoms with Crippen LogP contribution >= 0.6 is 0 Å². The van der Waals surface area contributed by atoms with Crippen molar-refractivity contribution in [3.05, 3.63) is 78.6 Å². The summed E-state index contributed by atoms with van der Waals surface area (Å²) in [4.78, 5) is 11.8. The number of anilines is 1. The van der Waals surface area contributed by atoms with Crippen molar-refractivity contribution < 1.29 is 13.9 Å². The maximum Gasteiger partial charge on any atom is 0.248 e. The van der Waals surface area contributed by atoms with Crippen LogP contribution in [-0.4, -0.2) is 12.5 Å². The van der Waals surface area contributed by atoms with Gasteiger partial charge in [0.2, 0.25) is 5.91 Å². The maximum absolute atomic E-state index is 12.8. The Morgan fingerprint density at radius 3 is 2.45 bits per heavy atom. The molecule has 0 aliphatic carbocycles. The van der Waals surface area contributed by atoms with E-state index in [1.54, 1.807) is 12.2 Å². The van der Waals surface area contributed by atoms with Crippen LogP contribution in [-0.2, 0) is 4.79 Å². The molecule has 112 valence electrons. The maximum atomic E-state index is 12.8. The monoisotopic (exact) mass is 297 g/mol. The van der Waals surface area contributed by atoms with Crippen LogP contribution in [0.15, 0.2) is 67.3 Å². The van der Waals surface area contributed by atoms with Gasteiger partial charge in [0.25, 0.3) is 0 Å². The van der Waals surface area contributed by atoms with Gasteiger partial charge in [-0.05, 0) is 48.0 Å². The Bertz CT molecular complexity index is 660. The van der Waals surface area contributed by atoms with Crippen LogP contribution in [0.2, 0.25) is 0 Å². The molecular formula is C18H16FNO2. The summed E-state index contributed by atoms with van der Waals surface area (Å²) < 4.78 is 18.1. The second kappa shape index (κ2) is 7.78. The highest BCUT2D eigenvalue weighted by Crippen LogP contribution is 2.13. The SMILES string of the molecule is C=CCOc1ccc(/C=C/C(=O)Nc2ccc(F)cc2)cc1. The fourth-order valence-electron chi connectivity index (χ4n) is 1.72. The molecule has 22 heavy (non-hydrogen) atoms. The Kier molecular flexibility index (Phi) is 5.49. The van der Waals surface area contributed by atoms with Gasteiger partial charge in [0.1, 0.15) is 18.2 Å². The molecule has 4 heteroatoms. The summed E-state index contributed by atoms with van der Waals surface area (Å²) in [7, 11) is 0. The summed E-state index contributed by atoms with van der Waals surface area (Å²) in [6.07, 6.45) is 4.78. The predicted octanol–water partition coefficient (Wildman–Crippen LogP) is 4.04. The molecule has 1 N–H and O–H groups in total. The fourth-order valence-corrected chi connectivity index (χ4v) is 1.72. The number of nitrogens with one attached hydrogen (secondary N) is 1. The first-order valence-corrected chi connectivity index (χ1v) is 6.76. The topological polar surface area (TPSA) is 38.3 Å². The largest absolute Gasteiger partial charge is 0.490 e. The molecule has 0 radical (unpaired) electrons. The molecule has 0 fully saturated rings. The Morgan fingerprint density at radius 2 is 1.82 bits per heavy atom. The Labute approximate surface area is 128 Å². The van der Waals surface area contributed by atoms with Gasteiger partial charge in [0.15, 0.2) is 0 Å². The van der Waals surface area contributed by atoms with Crippen LogP contribution in [0.5, 0.6) is 5.75 Å². The van der Waals surface area contributed by atoms with Crippen LogP contribution in [0.25, 0.3) is 6.08 Å². The first-order valence-electron chi connectivity index (χ1n) is 6.76. The van der Waals surface area contributed by atoms with E-state index >= 15 is 0 Å². The van der Waals surface area contributed by atoms with E-state index in [1.807, 2.05) is 24.3 Å². The first-order chi connectivity index (χ1) is 10.7. The molecule has 0 unspecified atom stereocenters. The average Bonchev–Trinajstić information content (AvgIpc) is 2.54. The molecule has 0 aromatic heterocycles. The summed E-state index contributed by atoms with van der Waals surface area (Å²) >= 11 is 0. The first kappa shape index (κ1) is 15.5. The lowest BCUT2D eigenvalue weighted by Gasteiger charge is -2.03. The number of ether oxygens (including phenoxy) is 1. The number of carbonyl (C=O) groups excluding carboxylic acids is 1. The molecule has 2 rings (SSSR count). The molecule has 1 amide bonds. The highest BCUT2D eigenvalue weighted by atomic mass is 19.1. The normalized spacial score (nSPS) is 10.4. The average molecular weight is 297 g/mol. The van der Waals surface area contributed by atoms with Crippen molar-refractivity contribution in [3.8, 4) is 5.75 Å². The molecule has 0 aliphatic rings. The van der Waals surface area contributed by atoms with Crippen LogP contribution in [0, 0.1) is 5.82 Å². The fraction of sp³-hybridized carbons (Fsp3) is 0.0556. The van der Waals surface area contributed by atoms with E-state index in [-0.39, 0.29) is 11.7 Å². The van der Waals surface area contributed by atoms with Crippen molar-refractivity contribution in [3.63, 3.8) is 0 Å². The van der Waals surface area contributed by atoms with E-state index in [1.165, 1.54) is 30.3 Å². The van der Waals surface area contributed by atoms with Gasteiger partial charge in [0, 0.05) is 11.8 Å². The minimum absolute atomic E-state index is 0.279. The summed E-state index contributed by atoms with van der Waals surface area (Å²) in [5, 5.41) is 2.65. The number of halogens is 1. The minimum atomic E-state index is -0.340. The third-order valence-electron chi connectivity index (χ3n) is 2.79. The number of carbonyl (C=O) groups is 1. The molecular weight excluding hydrogens is 281 g/mol. The van der Waals surface area contributed by atoms with Crippen molar-refractivity contribution >= 4 is 17.7 Å². The zero-order valence-corrected chi connectivity index (χ0v) is 12.0. The van der Waals surface area contributed by atoms with Gasteiger partial charge in [0.05, 0.1) is 0 Å². The molecule has 0 aliphatic heterocycles. The van der Waals surface area contributed by atoms with E-state index in [0.717, 1.165) is 11.3 Å². The molecule has 2 aromatic rings. The van der Waals surface area contributed by atoms with E-state index in [4.69, 9.17) is 4.74 Å². The molecule has 0 heterocycles. The second-order valence-corrected chi connectivity index (χ2v) is 4.50. The lowest BCUT2D eigenvalue weighted by molar-refractivity contribution is -0.111. The molecule has 0 saturated heterocycles. The number of hydrogen-bond acceptors (Lipinski definition) is 2. The molecule has 0 atom stereocenters. The predicted molar refractivity (Wildman–Crippen MR) is 86.2 cm³/mol. The number of benzene rings is 2. The van der Waals surface area contributed by atoms with Gasteiger partial charge < -0.3 is 10.1 Å².